The number of carbonyl (C=O) groups excluding carboxylic acids is 3. The number of carbonyl (C=O) groups is 3. The molecule has 4 unspecified atom stereocenters. The Bertz CT molecular complexity index is 925. The van der Waals surface area contributed by atoms with E-state index in [4.69, 9.17) is 11.6 Å². The summed E-state index contributed by atoms with van der Waals surface area (Å²) in [5.74, 6) is 0.0160. The van der Waals surface area contributed by atoms with Crippen LogP contribution < -0.4 is 10.7 Å². The normalized spacial score (nSPS) is 26.7. The van der Waals surface area contributed by atoms with Crippen LogP contribution in [0.5, 0.6) is 0 Å². The predicted octanol–water partition coefficient (Wildman–Crippen LogP) is 3.05. The lowest BCUT2D eigenvalue weighted by molar-refractivity contribution is -0.155. The number of nitrogens with zero attached hydrogens (tertiary/aromatic N) is 3. The van der Waals surface area contributed by atoms with E-state index in [9.17, 15) is 14.4 Å². The highest BCUT2D eigenvalue weighted by molar-refractivity contribution is 8.14. The van der Waals surface area contributed by atoms with E-state index in [0.29, 0.717) is 24.2 Å². The second-order valence-electron chi connectivity index (χ2n) is 8.39. The molecule has 10 heteroatoms. The Morgan fingerprint density at radius 1 is 1.28 bits per heavy atom. The van der Waals surface area contributed by atoms with E-state index in [2.05, 4.69) is 20.7 Å². The molecule has 2 heterocycles. The van der Waals surface area contributed by atoms with Gasteiger partial charge < -0.3 is 15.1 Å². The van der Waals surface area contributed by atoms with Crippen LogP contribution >= 0.6 is 23.4 Å². The van der Waals surface area contributed by atoms with E-state index in [1.54, 1.807) is 24.3 Å². The molecule has 172 valence electrons. The summed E-state index contributed by atoms with van der Waals surface area (Å²) in [7, 11) is 0. The number of benzene rings is 1. The first kappa shape index (κ1) is 22.9. The summed E-state index contributed by atoms with van der Waals surface area (Å²) >= 11 is 7.76. The number of fused-ring (bicyclic) bond motifs is 3. The largest absolute Gasteiger partial charge is 0.325 e. The molecule has 1 aromatic rings. The molecule has 4 rings (SSSR count). The quantitative estimate of drug-likeness (QED) is 0.483. The molecule has 2 amide bonds. The molecule has 0 aromatic heterocycles. The summed E-state index contributed by atoms with van der Waals surface area (Å²) < 4.78 is 0. The number of thioether (sulfide) groups is 1. The van der Waals surface area contributed by atoms with Gasteiger partial charge in [0.05, 0.1) is 11.7 Å². The maximum Gasteiger partial charge on any atom is 0.234 e. The maximum absolute atomic E-state index is 13.1. The Morgan fingerprint density at radius 3 is 2.72 bits per heavy atom. The van der Waals surface area contributed by atoms with E-state index in [1.165, 1.54) is 18.7 Å². The minimum absolute atomic E-state index is 0.0154. The number of hydrogen-bond donors (Lipinski definition) is 2. The Labute approximate surface area is 197 Å². The second-order valence-corrected chi connectivity index (χ2v) is 9.95. The Balaban J connectivity index is 1.41. The number of amides is 2. The van der Waals surface area contributed by atoms with E-state index in [0.717, 1.165) is 24.4 Å². The van der Waals surface area contributed by atoms with Crippen molar-refractivity contribution >= 4 is 51.8 Å². The standard InChI is InChI=1S/C22H28ClN5O3S/c1-3-10-27-20(31)17-11-15(23)6-9-18(17)28-21(27)25-26-22(28)32-12-19(30)24-16-7-4-14(5-8-16)13(2)29/h4-5,7-8,15,17-18,21,25H,3,6,9-12H2,1-2H3,(H,24,30). The molecular weight excluding hydrogens is 450 g/mol. The molecule has 4 atom stereocenters. The molecule has 8 nitrogen and oxygen atoms in total. The molecule has 1 aliphatic carbocycles. The van der Waals surface area contributed by atoms with Crippen molar-refractivity contribution in [2.45, 2.75) is 57.2 Å². The second kappa shape index (κ2) is 9.70. The van der Waals surface area contributed by atoms with Gasteiger partial charge in [0, 0.05) is 29.2 Å². The number of nitrogens with one attached hydrogen (secondary N) is 2. The third-order valence-electron chi connectivity index (χ3n) is 6.13. The molecule has 3 aliphatic rings. The number of Topliss-reactive ketones (excluding diaryl/α,β-unsaturated/α-hetero) is 1. The van der Waals surface area contributed by atoms with E-state index >= 15 is 0 Å². The van der Waals surface area contributed by atoms with Crippen molar-refractivity contribution < 1.29 is 14.4 Å². The van der Waals surface area contributed by atoms with Crippen molar-refractivity contribution in [2.75, 3.05) is 17.6 Å². The fourth-order valence-electron chi connectivity index (χ4n) is 4.61. The summed E-state index contributed by atoms with van der Waals surface area (Å²) in [6, 6.07) is 6.87. The van der Waals surface area contributed by atoms with Crippen LogP contribution in [0.25, 0.3) is 0 Å². The highest BCUT2D eigenvalue weighted by Gasteiger charge is 2.51. The molecule has 1 saturated heterocycles. The molecular formula is C22H28ClN5O3S. The van der Waals surface area contributed by atoms with Crippen LogP contribution in [0.15, 0.2) is 29.4 Å². The zero-order valence-electron chi connectivity index (χ0n) is 18.2. The van der Waals surface area contributed by atoms with Crippen LogP contribution in [0.1, 0.15) is 49.9 Å². The monoisotopic (exact) mass is 477 g/mol. The average Bonchev–Trinajstić information content (AvgIpc) is 3.19. The van der Waals surface area contributed by atoms with Gasteiger partial charge >= 0.3 is 0 Å². The highest BCUT2D eigenvalue weighted by Crippen LogP contribution is 2.40. The van der Waals surface area contributed by atoms with Crippen LogP contribution in [0.4, 0.5) is 5.69 Å². The van der Waals surface area contributed by atoms with Crippen LogP contribution in [0.3, 0.4) is 0 Å². The van der Waals surface area contributed by atoms with E-state index in [1.807, 2.05) is 11.8 Å². The van der Waals surface area contributed by atoms with Crippen molar-refractivity contribution in [3.05, 3.63) is 29.8 Å². The van der Waals surface area contributed by atoms with Gasteiger partial charge in [0.25, 0.3) is 0 Å². The van der Waals surface area contributed by atoms with Crippen LogP contribution in [-0.2, 0) is 9.59 Å². The molecule has 1 saturated carbocycles. The lowest BCUT2D eigenvalue weighted by atomic mass is 9.81. The minimum atomic E-state index is -0.305. The lowest BCUT2D eigenvalue weighted by Gasteiger charge is -2.51. The fourth-order valence-corrected chi connectivity index (χ4v) is 5.76. The van der Waals surface area contributed by atoms with Crippen molar-refractivity contribution in [2.24, 2.45) is 11.0 Å². The topological polar surface area (TPSA) is 94.1 Å². The van der Waals surface area contributed by atoms with Gasteiger partial charge in [-0.3, -0.25) is 19.8 Å². The molecule has 2 N–H and O–H groups in total. The Morgan fingerprint density at radius 2 is 2.03 bits per heavy atom. The minimum Gasteiger partial charge on any atom is -0.325 e. The SMILES string of the molecule is CCCN1C(=O)C2CC(Cl)CCC2N2C(SCC(=O)Nc3ccc(C(C)=O)cc3)=NNC12. The van der Waals surface area contributed by atoms with E-state index < -0.39 is 0 Å². The average molecular weight is 478 g/mol. The number of ketones is 1. The number of halogens is 1. The van der Waals surface area contributed by atoms with Gasteiger partial charge in [0.2, 0.25) is 11.8 Å². The first-order valence-electron chi connectivity index (χ1n) is 11.0. The first-order valence-corrected chi connectivity index (χ1v) is 12.4. The number of hydrogen-bond acceptors (Lipinski definition) is 7. The number of anilines is 1. The maximum atomic E-state index is 13.1. The van der Waals surface area contributed by atoms with Gasteiger partial charge in [-0.2, -0.15) is 5.10 Å². The highest BCUT2D eigenvalue weighted by atomic mass is 35.5. The van der Waals surface area contributed by atoms with Gasteiger partial charge in [-0.05, 0) is 56.9 Å². The van der Waals surface area contributed by atoms with Crippen LogP contribution in [0, 0.1) is 5.92 Å². The van der Waals surface area contributed by atoms with Crippen molar-refractivity contribution in [1.82, 2.24) is 15.2 Å². The third-order valence-corrected chi connectivity index (χ3v) is 7.50. The zero-order chi connectivity index (χ0) is 22.8. The van der Waals surface area contributed by atoms with Gasteiger partial charge in [-0.1, -0.05) is 18.7 Å². The molecule has 1 aromatic carbocycles. The van der Waals surface area contributed by atoms with E-state index in [-0.39, 0.29) is 47.0 Å². The molecule has 0 spiro atoms. The summed E-state index contributed by atoms with van der Waals surface area (Å²) in [6.45, 7) is 4.20. The number of hydrazone groups is 1. The van der Waals surface area contributed by atoms with Crippen molar-refractivity contribution in [3.63, 3.8) is 0 Å². The number of amidine groups is 1. The van der Waals surface area contributed by atoms with Gasteiger partial charge in [-0.15, -0.1) is 11.6 Å². The molecule has 0 radical (unpaired) electrons. The third kappa shape index (κ3) is 4.59. The summed E-state index contributed by atoms with van der Waals surface area (Å²) in [4.78, 5) is 41.1. The molecule has 2 aliphatic heterocycles. The van der Waals surface area contributed by atoms with Gasteiger partial charge in [-0.25, -0.2) is 0 Å². The predicted molar refractivity (Wildman–Crippen MR) is 127 cm³/mol. The number of alkyl halides is 1. The zero-order valence-corrected chi connectivity index (χ0v) is 19.8. The first-order chi connectivity index (χ1) is 15.4. The van der Waals surface area contributed by atoms with Crippen LogP contribution in [-0.4, -0.2) is 62.6 Å². The molecule has 32 heavy (non-hydrogen) atoms. The Kier molecular flexibility index (Phi) is 6.95. The lowest BCUT2D eigenvalue weighted by Crippen LogP contribution is -2.67. The summed E-state index contributed by atoms with van der Waals surface area (Å²) in [5.41, 5.74) is 4.36. The fraction of sp³-hybridized carbons (Fsp3) is 0.545. The van der Waals surface area contributed by atoms with Gasteiger partial charge in [0.15, 0.2) is 17.2 Å². The summed E-state index contributed by atoms with van der Waals surface area (Å²) in [5, 5.41) is 8.08. The number of rotatable bonds is 6. The Hall–Kier alpha value is -2.26. The van der Waals surface area contributed by atoms with Crippen molar-refractivity contribution in [1.29, 1.82) is 0 Å². The summed E-state index contributed by atoms with van der Waals surface area (Å²) in [6.07, 6.45) is 2.91. The smallest absolute Gasteiger partial charge is 0.234 e. The molecule has 0 bridgehead atoms. The van der Waals surface area contributed by atoms with Gasteiger partial charge in [0.1, 0.15) is 0 Å². The molecule has 2 fully saturated rings. The van der Waals surface area contributed by atoms with Crippen molar-refractivity contribution in [3.8, 4) is 0 Å². The van der Waals surface area contributed by atoms with Crippen LogP contribution in [0.2, 0.25) is 0 Å².